The van der Waals surface area contributed by atoms with Crippen molar-refractivity contribution < 1.29 is 23.9 Å². The Morgan fingerprint density at radius 1 is 0.828 bits per heavy atom. The molecule has 2 atom stereocenters. The van der Waals surface area contributed by atoms with E-state index < -0.39 is 29.7 Å². The van der Waals surface area contributed by atoms with Gasteiger partial charge in [-0.2, -0.15) is 0 Å². The molecule has 5 nitrogen and oxygen atoms in total. The number of halogens is 2. The molecule has 0 aliphatic carbocycles. The summed E-state index contributed by atoms with van der Waals surface area (Å²) in [5, 5.41) is 0. The number of carbonyl (C=O) groups is 3. The normalized spacial score (nSPS) is 12.9. The highest BCUT2D eigenvalue weighted by Gasteiger charge is 2.44. The summed E-state index contributed by atoms with van der Waals surface area (Å²) in [6.07, 6.45) is 0.431. The number of carbonyl (C=O) groups excluding carboxylic acids is 3. The zero-order valence-electron chi connectivity index (χ0n) is 16.4. The van der Waals surface area contributed by atoms with Crippen LogP contribution in [-0.4, -0.2) is 31.9 Å². The SMILES string of the molecule is CC[C@@H](C(=O)c1ccc(Br)cc1)[C@H](c1ccc(Br)cc1)C(C(=O)OC)C(=O)OC. The molecule has 0 aliphatic rings. The third kappa shape index (κ3) is 5.54. The van der Waals surface area contributed by atoms with Crippen LogP contribution in [0.15, 0.2) is 57.5 Å². The molecular weight excluding hydrogens is 504 g/mol. The molecular formula is C22H22Br2O5. The topological polar surface area (TPSA) is 69.7 Å². The number of Topliss-reactive ketones (excluding diaryl/α,β-unsaturated/α-hetero) is 1. The van der Waals surface area contributed by atoms with Crippen LogP contribution in [0.25, 0.3) is 0 Å². The van der Waals surface area contributed by atoms with Crippen molar-refractivity contribution in [2.45, 2.75) is 19.3 Å². The fourth-order valence-electron chi connectivity index (χ4n) is 3.42. The lowest BCUT2D eigenvalue weighted by Crippen LogP contribution is -2.38. The van der Waals surface area contributed by atoms with Crippen LogP contribution >= 0.6 is 31.9 Å². The van der Waals surface area contributed by atoms with Crippen LogP contribution in [0.4, 0.5) is 0 Å². The lowest BCUT2D eigenvalue weighted by Gasteiger charge is -2.30. The summed E-state index contributed by atoms with van der Waals surface area (Å²) in [6.45, 7) is 1.86. The zero-order valence-corrected chi connectivity index (χ0v) is 19.5. The smallest absolute Gasteiger partial charge is 0.320 e. The van der Waals surface area contributed by atoms with Gasteiger partial charge in [0.2, 0.25) is 0 Å². The van der Waals surface area contributed by atoms with Crippen molar-refractivity contribution in [1.82, 2.24) is 0 Å². The molecule has 2 aromatic carbocycles. The first-order valence-corrected chi connectivity index (χ1v) is 10.6. The number of benzene rings is 2. The van der Waals surface area contributed by atoms with E-state index in [2.05, 4.69) is 31.9 Å². The van der Waals surface area contributed by atoms with Crippen molar-refractivity contribution in [1.29, 1.82) is 0 Å². The van der Waals surface area contributed by atoms with Crippen molar-refractivity contribution in [2.24, 2.45) is 11.8 Å². The summed E-state index contributed by atoms with van der Waals surface area (Å²) in [5.41, 5.74) is 1.20. The second-order valence-corrected chi connectivity index (χ2v) is 8.32. The molecule has 0 aliphatic heterocycles. The van der Waals surface area contributed by atoms with E-state index in [-0.39, 0.29) is 5.78 Å². The number of hydrogen-bond acceptors (Lipinski definition) is 5. The molecule has 0 fully saturated rings. The third-order valence-electron chi connectivity index (χ3n) is 4.86. The summed E-state index contributed by atoms with van der Waals surface area (Å²) in [5.74, 6) is -4.22. The first-order chi connectivity index (χ1) is 13.8. The molecule has 0 unspecified atom stereocenters. The van der Waals surface area contributed by atoms with Gasteiger partial charge in [-0.15, -0.1) is 0 Å². The van der Waals surface area contributed by atoms with Crippen molar-refractivity contribution in [2.75, 3.05) is 14.2 Å². The molecule has 0 amide bonds. The Bertz CT molecular complexity index is 846. The number of ether oxygens (including phenoxy) is 2. The van der Waals surface area contributed by atoms with Crippen LogP contribution in [0.2, 0.25) is 0 Å². The molecule has 0 heterocycles. The van der Waals surface area contributed by atoms with Crippen LogP contribution < -0.4 is 0 Å². The average molecular weight is 526 g/mol. The van der Waals surface area contributed by atoms with Crippen LogP contribution in [0.5, 0.6) is 0 Å². The Balaban J connectivity index is 2.60. The molecule has 7 heteroatoms. The Labute approximate surface area is 187 Å². The Morgan fingerprint density at radius 3 is 1.69 bits per heavy atom. The van der Waals surface area contributed by atoms with E-state index in [1.807, 2.05) is 19.1 Å². The van der Waals surface area contributed by atoms with Gasteiger partial charge in [0.25, 0.3) is 0 Å². The molecule has 0 bridgehead atoms. The highest BCUT2D eigenvalue weighted by Crippen LogP contribution is 2.38. The molecule has 29 heavy (non-hydrogen) atoms. The summed E-state index contributed by atoms with van der Waals surface area (Å²) in [6, 6.07) is 14.2. The largest absolute Gasteiger partial charge is 0.468 e. The first-order valence-electron chi connectivity index (χ1n) is 9.04. The molecule has 0 saturated heterocycles. The van der Waals surface area contributed by atoms with E-state index in [0.717, 1.165) is 8.95 Å². The van der Waals surface area contributed by atoms with Crippen LogP contribution in [0.3, 0.4) is 0 Å². The average Bonchev–Trinajstić information content (AvgIpc) is 2.73. The van der Waals surface area contributed by atoms with Gasteiger partial charge in [-0.05, 0) is 36.2 Å². The van der Waals surface area contributed by atoms with Gasteiger partial charge in [-0.3, -0.25) is 14.4 Å². The predicted molar refractivity (Wildman–Crippen MR) is 117 cm³/mol. The van der Waals surface area contributed by atoms with Gasteiger partial charge in [-0.25, -0.2) is 0 Å². The highest BCUT2D eigenvalue weighted by atomic mass is 79.9. The molecule has 0 saturated carbocycles. The van der Waals surface area contributed by atoms with Gasteiger partial charge in [-0.1, -0.05) is 63.0 Å². The summed E-state index contributed by atoms with van der Waals surface area (Å²) >= 11 is 6.75. The minimum Gasteiger partial charge on any atom is -0.468 e. The molecule has 0 aromatic heterocycles. The maximum Gasteiger partial charge on any atom is 0.320 e. The molecule has 0 spiro atoms. The third-order valence-corrected chi connectivity index (χ3v) is 5.92. The van der Waals surface area contributed by atoms with E-state index in [9.17, 15) is 14.4 Å². The Kier molecular flexibility index (Phi) is 8.59. The fraction of sp³-hybridized carbons (Fsp3) is 0.318. The van der Waals surface area contributed by atoms with Gasteiger partial charge < -0.3 is 9.47 Å². The quantitative estimate of drug-likeness (QED) is 0.270. The molecule has 0 N–H and O–H groups in total. The molecule has 2 rings (SSSR count). The lowest BCUT2D eigenvalue weighted by atomic mass is 9.72. The number of rotatable bonds is 8. The second-order valence-electron chi connectivity index (χ2n) is 6.49. The maximum atomic E-state index is 13.4. The number of hydrogen-bond donors (Lipinski definition) is 0. The predicted octanol–water partition coefficient (Wildman–Crippen LogP) is 5.17. The van der Waals surface area contributed by atoms with Crippen molar-refractivity contribution >= 4 is 49.6 Å². The van der Waals surface area contributed by atoms with E-state index in [4.69, 9.17) is 9.47 Å². The Hall–Kier alpha value is -1.99. The van der Waals surface area contributed by atoms with Crippen LogP contribution in [0, 0.1) is 11.8 Å². The highest BCUT2D eigenvalue weighted by molar-refractivity contribution is 9.10. The minimum atomic E-state index is -1.25. The lowest BCUT2D eigenvalue weighted by molar-refractivity contribution is -0.160. The second kappa shape index (κ2) is 10.7. The fourth-order valence-corrected chi connectivity index (χ4v) is 3.94. The summed E-state index contributed by atoms with van der Waals surface area (Å²) < 4.78 is 11.5. The van der Waals surface area contributed by atoms with Crippen molar-refractivity contribution in [3.8, 4) is 0 Å². The van der Waals surface area contributed by atoms with Crippen LogP contribution in [0.1, 0.15) is 35.2 Å². The molecule has 154 valence electrons. The number of ketones is 1. The summed E-state index contributed by atoms with van der Waals surface area (Å²) in [7, 11) is 2.43. The van der Waals surface area contributed by atoms with E-state index in [0.29, 0.717) is 17.5 Å². The van der Waals surface area contributed by atoms with E-state index in [1.165, 1.54) is 14.2 Å². The minimum absolute atomic E-state index is 0.147. The first kappa shape index (κ1) is 23.3. The van der Waals surface area contributed by atoms with Crippen molar-refractivity contribution in [3.63, 3.8) is 0 Å². The standard InChI is InChI=1S/C22H22Br2O5/c1-4-17(20(25)14-7-11-16(24)12-8-14)18(13-5-9-15(23)10-6-13)19(21(26)28-2)22(27)29-3/h5-12,17-19H,4H2,1-3H3/t17-,18+/m1/s1. The van der Waals surface area contributed by atoms with Gasteiger partial charge >= 0.3 is 11.9 Å². The maximum absolute atomic E-state index is 13.4. The number of esters is 2. The van der Waals surface area contributed by atoms with Gasteiger partial charge in [0.05, 0.1) is 14.2 Å². The van der Waals surface area contributed by atoms with Gasteiger partial charge in [0, 0.05) is 26.3 Å². The monoisotopic (exact) mass is 524 g/mol. The van der Waals surface area contributed by atoms with Gasteiger partial charge in [0.1, 0.15) is 0 Å². The van der Waals surface area contributed by atoms with Crippen molar-refractivity contribution in [3.05, 3.63) is 68.6 Å². The van der Waals surface area contributed by atoms with E-state index in [1.54, 1.807) is 36.4 Å². The molecule has 2 aromatic rings. The van der Waals surface area contributed by atoms with E-state index >= 15 is 0 Å². The summed E-state index contributed by atoms with van der Waals surface area (Å²) in [4.78, 5) is 38.5. The zero-order chi connectivity index (χ0) is 21.6. The molecule has 0 radical (unpaired) electrons. The van der Waals surface area contributed by atoms with Gasteiger partial charge in [0.15, 0.2) is 11.7 Å². The number of methoxy groups -OCH3 is 2. The van der Waals surface area contributed by atoms with Crippen LogP contribution in [-0.2, 0) is 19.1 Å². The Morgan fingerprint density at radius 2 is 1.28 bits per heavy atom.